The van der Waals surface area contributed by atoms with Crippen molar-refractivity contribution in [2.75, 3.05) is 5.73 Å². The normalized spacial score (nSPS) is 14.1. The highest BCUT2D eigenvalue weighted by Gasteiger charge is 2.27. The van der Waals surface area contributed by atoms with E-state index in [1.807, 2.05) is 55.5 Å². The predicted molar refractivity (Wildman–Crippen MR) is 135 cm³/mol. The van der Waals surface area contributed by atoms with Crippen LogP contribution in [-0.2, 0) is 11.2 Å². The van der Waals surface area contributed by atoms with E-state index in [1.165, 1.54) is 62.3 Å². The fourth-order valence-corrected chi connectivity index (χ4v) is 4.91. The minimum atomic E-state index is -0.902. The summed E-state index contributed by atoms with van der Waals surface area (Å²) in [6, 6.07) is 15.4. The number of hydrogen-bond donors (Lipinski definition) is 3. The van der Waals surface area contributed by atoms with E-state index in [4.69, 9.17) is 5.73 Å². The molecule has 0 fully saturated rings. The number of para-hydroxylation sites is 1. The predicted octanol–water partition coefficient (Wildman–Crippen LogP) is 6.66. The third kappa shape index (κ3) is 8.87. The largest absolute Gasteiger partial charge is 0.481 e. The molecule has 0 spiro atoms. The van der Waals surface area contributed by atoms with Crippen molar-refractivity contribution in [2.45, 2.75) is 93.8 Å². The van der Waals surface area contributed by atoms with E-state index in [0.717, 1.165) is 16.9 Å². The molecule has 0 saturated heterocycles. The topological polar surface area (TPSA) is 83.5 Å². The molecule has 2 aromatic carbocycles. The number of hydrogen-bond acceptors (Lipinski definition) is 4. The van der Waals surface area contributed by atoms with Crippen molar-refractivity contribution in [3.63, 3.8) is 0 Å². The first-order valence-electron chi connectivity index (χ1n) is 11.9. The Labute approximate surface area is 197 Å². The van der Waals surface area contributed by atoms with Crippen LogP contribution in [0.2, 0.25) is 0 Å². The first kappa shape index (κ1) is 26.3. The van der Waals surface area contributed by atoms with Crippen LogP contribution in [0.25, 0.3) is 0 Å². The second-order valence-corrected chi connectivity index (χ2v) is 10.1. The minimum absolute atomic E-state index is 0.168. The van der Waals surface area contributed by atoms with Crippen molar-refractivity contribution < 1.29 is 15.0 Å². The number of thioether (sulfide) groups is 1. The Kier molecular flexibility index (Phi) is 11.7. The second-order valence-electron chi connectivity index (χ2n) is 8.67. The third-order valence-electron chi connectivity index (χ3n) is 6.00. The van der Waals surface area contributed by atoms with Crippen LogP contribution in [0.1, 0.15) is 82.3 Å². The number of nitrogens with two attached hydrogens (primary N) is 1. The number of aryl methyl sites for hydroxylation is 1. The lowest BCUT2D eigenvalue weighted by molar-refractivity contribution is -0.139. The Hall–Kier alpha value is -1.98. The van der Waals surface area contributed by atoms with Crippen LogP contribution in [0.4, 0.5) is 5.69 Å². The van der Waals surface area contributed by atoms with Gasteiger partial charge in [-0.2, -0.15) is 0 Å². The number of aliphatic hydroxyl groups excluding tert-OH is 1. The van der Waals surface area contributed by atoms with Crippen molar-refractivity contribution in [1.29, 1.82) is 0 Å². The van der Waals surface area contributed by atoms with Crippen molar-refractivity contribution in [2.24, 2.45) is 0 Å². The van der Waals surface area contributed by atoms with Gasteiger partial charge >= 0.3 is 5.97 Å². The molecule has 0 amide bonds. The molecule has 0 radical (unpaired) electrons. The van der Waals surface area contributed by atoms with Gasteiger partial charge in [-0.25, -0.2) is 0 Å². The van der Waals surface area contributed by atoms with Gasteiger partial charge in [-0.15, -0.1) is 11.8 Å². The van der Waals surface area contributed by atoms with E-state index in [9.17, 15) is 15.0 Å². The summed E-state index contributed by atoms with van der Waals surface area (Å²) in [4.78, 5) is 12.8. The standard InChI is InChI=1S/C27H39NO3S/c1-3-4-5-6-7-8-9-12-21-15-17-22(18-16-21)23(27(30)31)19-25(29)20(2)32-26-14-11-10-13-24(26)28/h10-11,13-18,20,23,25,29H,3-9,12,19,28H2,1-2H3,(H,30,31). The molecular weight excluding hydrogens is 418 g/mol. The zero-order chi connectivity index (χ0) is 23.3. The molecule has 2 rings (SSSR count). The van der Waals surface area contributed by atoms with Gasteiger partial charge in [-0.1, -0.05) is 88.8 Å². The Balaban J connectivity index is 1.87. The van der Waals surface area contributed by atoms with E-state index in [1.54, 1.807) is 0 Å². The van der Waals surface area contributed by atoms with Gasteiger partial charge in [0.15, 0.2) is 0 Å². The number of carbonyl (C=O) groups is 1. The van der Waals surface area contributed by atoms with Crippen LogP contribution in [0.3, 0.4) is 0 Å². The van der Waals surface area contributed by atoms with E-state index >= 15 is 0 Å². The molecule has 32 heavy (non-hydrogen) atoms. The summed E-state index contributed by atoms with van der Waals surface area (Å²) in [5, 5.41) is 20.3. The second kappa shape index (κ2) is 14.2. The molecule has 0 aliphatic heterocycles. The quantitative estimate of drug-likeness (QED) is 0.158. The number of aliphatic hydroxyl groups is 1. The molecule has 4 nitrogen and oxygen atoms in total. The van der Waals surface area contributed by atoms with Gasteiger partial charge in [0.2, 0.25) is 0 Å². The van der Waals surface area contributed by atoms with Gasteiger partial charge in [-0.3, -0.25) is 4.79 Å². The lowest BCUT2D eigenvalue weighted by Crippen LogP contribution is -2.26. The van der Waals surface area contributed by atoms with Gasteiger partial charge in [-0.05, 0) is 42.5 Å². The maximum absolute atomic E-state index is 11.9. The van der Waals surface area contributed by atoms with Crippen molar-refractivity contribution in [1.82, 2.24) is 0 Å². The first-order chi connectivity index (χ1) is 15.4. The van der Waals surface area contributed by atoms with Crippen LogP contribution >= 0.6 is 11.8 Å². The van der Waals surface area contributed by atoms with E-state index in [2.05, 4.69) is 6.92 Å². The molecule has 2 aromatic rings. The SMILES string of the molecule is CCCCCCCCCc1ccc(C(CC(O)C(C)Sc2ccccc2N)C(=O)O)cc1. The highest BCUT2D eigenvalue weighted by atomic mass is 32.2. The lowest BCUT2D eigenvalue weighted by Gasteiger charge is -2.23. The Morgan fingerprint density at radius 3 is 2.22 bits per heavy atom. The summed E-state index contributed by atoms with van der Waals surface area (Å²) in [6.07, 6.45) is 9.43. The third-order valence-corrected chi connectivity index (χ3v) is 7.31. The molecule has 0 aromatic heterocycles. The summed E-state index contributed by atoms with van der Waals surface area (Å²) >= 11 is 1.48. The van der Waals surface area contributed by atoms with Crippen LogP contribution in [-0.4, -0.2) is 27.5 Å². The van der Waals surface area contributed by atoms with Crippen molar-refractivity contribution >= 4 is 23.4 Å². The molecule has 0 bridgehead atoms. The Morgan fingerprint density at radius 2 is 1.59 bits per heavy atom. The molecule has 0 aliphatic rings. The van der Waals surface area contributed by atoms with Crippen molar-refractivity contribution in [3.8, 4) is 0 Å². The number of benzene rings is 2. The fourth-order valence-electron chi connectivity index (χ4n) is 3.88. The minimum Gasteiger partial charge on any atom is -0.481 e. The molecular formula is C27H39NO3S. The van der Waals surface area contributed by atoms with Gasteiger partial charge in [0.1, 0.15) is 0 Å². The van der Waals surface area contributed by atoms with Gasteiger partial charge in [0, 0.05) is 15.8 Å². The Bertz CT molecular complexity index is 809. The van der Waals surface area contributed by atoms with Crippen LogP contribution in [0, 0.1) is 0 Å². The van der Waals surface area contributed by atoms with E-state index in [0.29, 0.717) is 5.69 Å². The average Bonchev–Trinajstić information content (AvgIpc) is 2.78. The molecule has 176 valence electrons. The number of carboxylic acids is 1. The summed E-state index contributed by atoms with van der Waals surface area (Å²) in [5.74, 6) is -1.63. The zero-order valence-electron chi connectivity index (χ0n) is 19.5. The molecule has 5 heteroatoms. The van der Waals surface area contributed by atoms with E-state index < -0.39 is 18.0 Å². The van der Waals surface area contributed by atoms with Crippen LogP contribution < -0.4 is 5.73 Å². The summed E-state index contributed by atoms with van der Waals surface area (Å²) < 4.78 is 0. The number of carboxylic acid groups (broad SMARTS) is 1. The fraction of sp³-hybridized carbons (Fsp3) is 0.519. The van der Waals surface area contributed by atoms with Gasteiger partial charge in [0.05, 0.1) is 12.0 Å². The Morgan fingerprint density at radius 1 is 0.969 bits per heavy atom. The molecule has 0 heterocycles. The lowest BCUT2D eigenvalue weighted by atomic mass is 9.91. The van der Waals surface area contributed by atoms with Crippen molar-refractivity contribution in [3.05, 3.63) is 59.7 Å². The molecule has 0 saturated carbocycles. The maximum atomic E-state index is 11.9. The van der Waals surface area contributed by atoms with Gasteiger partial charge < -0.3 is 15.9 Å². The zero-order valence-corrected chi connectivity index (χ0v) is 20.3. The van der Waals surface area contributed by atoms with Gasteiger partial charge in [0.25, 0.3) is 0 Å². The van der Waals surface area contributed by atoms with Crippen LogP contribution in [0.5, 0.6) is 0 Å². The monoisotopic (exact) mass is 457 g/mol. The molecule has 3 unspecified atom stereocenters. The molecule has 4 N–H and O–H groups in total. The average molecular weight is 458 g/mol. The number of nitrogen functional groups attached to an aromatic ring is 1. The van der Waals surface area contributed by atoms with E-state index in [-0.39, 0.29) is 11.7 Å². The van der Waals surface area contributed by atoms with Crippen LogP contribution in [0.15, 0.2) is 53.4 Å². The number of rotatable bonds is 15. The highest BCUT2D eigenvalue weighted by molar-refractivity contribution is 8.00. The highest BCUT2D eigenvalue weighted by Crippen LogP contribution is 2.33. The summed E-state index contributed by atoms with van der Waals surface area (Å²) in [6.45, 7) is 4.14. The first-order valence-corrected chi connectivity index (χ1v) is 12.8. The number of unbranched alkanes of at least 4 members (excludes halogenated alkanes) is 6. The molecule has 0 aliphatic carbocycles. The smallest absolute Gasteiger partial charge is 0.311 e. The summed E-state index contributed by atoms with van der Waals surface area (Å²) in [7, 11) is 0. The molecule has 3 atom stereocenters. The maximum Gasteiger partial charge on any atom is 0.311 e. The summed E-state index contributed by atoms with van der Waals surface area (Å²) in [5.41, 5.74) is 8.66. The number of aliphatic carboxylic acids is 1. The number of anilines is 1.